The highest BCUT2D eigenvalue weighted by molar-refractivity contribution is 5.21. The van der Waals surface area contributed by atoms with Gasteiger partial charge in [-0.2, -0.15) is 0 Å². The molecular formula is C14H18FN5O. The molecule has 112 valence electrons. The van der Waals surface area contributed by atoms with Crippen molar-refractivity contribution in [3.63, 3.8) is 0 Å². The molecule has 0 unspecified atom stereocenters. The predicted octanol–water partition coefficient (Wildman–Crippen LogP) is 1.66. The van der Waals surface area contributed by atoms with Gasteiger partial charge in [-0.25, -0.2) is 9.07 Å². The van der Waals surface area contributed by atoms with E-state index in [2.05, 4.69) is 20.4 Å². The first kappa shape index (κ1) is 13.9. The number of tetrazole rings is 1. The minimum atomic E-state index is -0.258. The van der Waals surface area contributed by atoms with Crippen LogP contribution in [0, 0.1) is 5.82 Å². The van der Waals surface area contributed by atoms with Gasteiger partial charge < -0.3 is 4.74 Å². The molecular weight excluding hydrogens is 273 g/mol. The van der Waals surface area contributed by atoms with Crippen LogP contribution in [-0.2, 0) is 6.54 Å². The Kier molecular flexibility index (Phi) is 4.10. The average molecular weight is 291 g/mol. The maximum atomic E-state index is 12.8. The fraction of sp³-hybridized carbons (Fsp3) is 0.500. The van der Waals surface area contributed by atoms with Crippen LogP contribution in [0.15, 0.2) is 24.3 Å². The van der Waals surface area contributed by atoms with Crippen molar-refractivity contribution in [3.8, 4) is 5.75 Å². The first-order valence-electron chi connectivity index (χ1n) is 7.06. The normalized spacial score (nSPS) is 14.6. The van der Waals surface area contributed by atoms with Crippen LogP contribution in [0.4, 0.5) is 4.39 Å². The van der Waals surface area contributed by atoms with Crippen LogP contribution in [0.5, 0.6) is 5.75 Å². The lowest BCUT2D eigenvalue weighted by Crippen LogP contribution is -2.25. The van der Waals surface area contributed by atoms with E-state index in [0.717, 1.165) is 25.2 Å². The van der Waals surface area contributed by atoms with Crippen molar-refractivity contribution >= 4 is 0 Å². The molecule has 1 aliphatic carbocycles. The van der Waals surface area contributed by atoms with Gasteiger partial charge in [-0.3, -0.25) is 4.90 Å². The third-order valence-electron chi connectivity index (χ3n) is 3.42. The lowest BCUT2D eigenvalue weighted by atomic mass is 10.3. The summed E-state index contributed by atoms with van der Waals surface area (Å²) in [6.45, 7) is 1.97. The Morgan fingerprint density at radius 1 is 1.33 bits per heavy atom. The van der Waals surface area contributed by atoms with Crippen molar-refractivity contribution < 1.29 is 9.13 Å². The van der Waals surface area contributed by atoms with Crippen molar-refractivity contribution in [2.75, 3.05) is 20.2 Å². The summed E-state index contributed by atoms with van der Waals surface area (Å²) in [7, 11) is 2.00. The lowest BCUT2D eigenvalue weighted by molar-refractivity contribution is 0.227. The summed E-state index contributed by atoms with van der Waals surface area (Å²) in [6.07, 6.45) is 2.32. The summed E-state index contributed by atoms with van der Waals surface area (Å²) in [6, 6.07) is 6.52. The highest BCUT2D eigenvalue weighted by Crippen LogP contribution is 2.34. The largest absolute Gasteiger partial charge is 0.492 e. The Morgan fingerprint density at radius 3 is 2.81 bits per heavy atom. The van der Waals surface area contributed by atoms with Gasteiger partial charge >= 0.3 is 0 Å². The van der Waals surface area contributed by atoms with Crippen LogP contribution < -0.4 is 4.74 Å². The van der Waals surface area contributed by atoms with Gasteiger partial charge in [0.2, 0.25) is 0 Å². The Hall–Kier alpha value is -2.02. The molecule has 0 atom stereocenters. The predicted molar refractivity (Wildman–Crippen MR) is 74.3 cm³/mol. The van der Waals surface area contributed by atoms with Gasteiger partial charge in [0, 0.05) is 6.54 Å². The second-order valence-electron chi connectivity index (χ2n) is 5.31. The summed E-state index contributed by atoms with van der Waals surface area (Å²) in [5, 5.41) is 11.8. The molecule has 3 rings (SSSR count). The minimum Gasteiger partial charge on any atom is -0.492 e. The third-order valence-corrected chi connectivity index (χ3v) is 3.42. The maximum absolute atomic E-state index is 12.8. The third kappa shape index (κ3) is 3.75. The van der Waals surface area contributed by atoms with E-state index >= 15 is 0 Å². The molecule has 0 spiro atoms. The van der Waals surface area contributed by atoms with Crippen molar-refractivity contribution in [2.24, 2.45) is 0 Å². The van der Waals surface area contributed by atoms with Crippen LogP contribution in [0.1, 0.15) is 24.7 Å². The number of hydrogen-bond donors (Lipinski definition) is 0. The number of likely N-dealkylation sites (N-methyl/N-ethyl adjacent to an activating group) is 1. The summed E-state index contributed by atoms with van der Waals surface area (Å²) >= 11 is 0. The van der Waals surface area contributed by atoms with E-state index in [1.165, 1.54) is 12.1 Å². The molecule has 1 aliphatic rings. The lowest BCUT2D eigenvalue weighted by Gasteiger charge is -2.16. The minimum absolute atomic E-state index is 0.258. The molecule has 0 bridgehead atoms. The molecule has 1 fully saturated rings. The second-order valence-corrected chi connectivity index (χ2v) is 5.31. The van der Waals surface area contributed by atoms with Gasteiger partial charge in [0.1, 0.15) is 18.2 Å². The number of rotatable bonds is 7. The zero-order chi connectivity index (χ0) is 14.7. The van der Waals surface area contributed by atoms with Gasteiger partial charge in [0.25, 0.3) is 0 Å². The van der Waals surface area contributed by atoms with Gasteiger partial charge in [-0.05, 0) is 54.6 Å². The van der Waals surface area contributed by atoms with Gasteiger partial charge in [-0.15, -0.1) is 5.10 Å². The molecule has 0 radical (unpaired) electrons. The van der Waals surface area contributed by atoms with E-state index < -0.39 is 0 Å². The van der Waals surface area contributed by atoms with Crippen molar-refractivity contribution in [2.45, 2.75) is 25.4 Å². The number of benzene rings is 1. The van der Waals surface area contributed by atoms with Crippen molar-refractivity contribution in [1.82, 2.24) is 25.1 Å². The van der Waals surface area contributed by atoms with Crippen LogP contribution in [0.2, 0.25) is 0 Å². The Balaban J connectivity index is 1.44. The quantitative estimate of drug-likeness (QED) is 0.776. The Morgan fingerprint density at radius 2 is 2.10 bits per heavy atom. The summed E-state index contributed by atoms with van der Waals surface area (Å²) in [5.74, 6) is 1.31. The van der Waals surface area contributed by atoms with E-state index in [-0.39, 0.29) is 5.82 Å². The summed E-state index contributed by atoms with van der Waals surface area (Å²) in [5.41, 5.74) is 0. The van der Waals surface area contributed by atoms with Crippen LogP contribution >= 0.6 is 0 Å². The van der Waals surface area contributed by atoms with Crippen molar-refractivity contribution in [3.05, 3.63) is 35.9 Å². The molecule has 0 saturated heterocycles. The standard InChI is InChI=1S/C14H18FN5O/c1-19(8-9-21-13-6-2-11(15)3-7-13)10-14-16-17-18-20(14)12-4-5-12/h2-3,6-7,12H,4-5,8-10H2,1H3. The number of halogens is 1. The highest BCUT2D eigenvalue weighted by atomic mass is 19.1. The van der Waals surface area contributed by atoms with Gasteiger partial charge in [-0.1, -0.05) is 0 Å². The molecule has 1 aromatic carbocycles. The fourth-order valence-electron chi connectivity index (χ4n) is 2.09. The maximum Gasteiger partial charge on any atom is 0.165 e. The zero-order valence-electron chi connectivity index (χ0n) is 11.9. The number of nitrogens with zero attached hydrogens (tertiary/aromatic N) is 5. The fourth-order valence-corrected chi connectivity index (χ4v) is 2.09. The van der Waals surface area contributed by atoms with Crippen molar-refractivity contribution in [1.29, 1.82) is 0 Å². The second kappa shape index (κ2) is 6.17. The van der Waals surface area contributed by atoms with E-state index in [0.29, 0.717) is 24.9 Å². The molecule has 0 aliphatic heterocycles. The first-order valence-corrected chi connectivity index (χ1v) is 7.06. The van der Waals surface area contributed by atoms with E-state index in [9.17, 15) is 4.39 Å². The Bertz CT molecular complexity index is 581. The molecule has 7 heteroatoms. The molecule has 1 heterocycles. The number of ether oxygens (including phenoxy) is 1. The zero-order valence-corrected chi connectivity index (χ0v) is 11.9. The number of hydrogen-bond acceptors (Lipinski definition) is 5. The number of aromatic nitrogens is 4. The van der Waals surface area contributed by atoms with Crippen LogP contribution in [0.25, 0.3) is 0 Å². The van der Waals surface area contributed by atoms with Crippen LogP contribution in [-0.4, -0.2) is 45.3 Å². The molecule has 2 aromatic rings. The molecule has 0 amide bonds. The monoisotopic (exact) mass is 291 g/mol. The highest BCUT2D eigenvalue weighted by Gasteiger charge is 2.27. The molecule has 6 nitrogen and oxygen atoms in total. The SMILES string of the molecule is CN(CCOc1ccc(F)cc1)Cc1nnnn1C1CC1. The summed E-state index contributed by atoms with van der Waals surface area (Å²) < 4.78 is 20.3. The molecule has 1 saturated carbocycles. The van der Waals surface area contributed by atoms with E-state index in [1.807, 2.05) is 11.7 Å². The Labute approximate surface area is 122 Å². The average Bonchev–Trinajstić information content (AvgIpc) is 3.22. The van der Waals surface area contributed by atoms with E-state index in [4.69, 9.17) is 4.74 Å². The molecule has 0 N–H and O–H groups in total. The molecule has 1 aromatic heterocycles. The van der Waals surface area contributed by atoms with Crippen LogP contribution in [0.3, 0.4) is 0 Å². The topological polar surface area (TPSA) is 56.1 Å². The summed E-state index contributed by atoms with van der Waals surface area (Å²) in [4.78, 5) is 2.11. The first-order chi connectivity index (χ1) is 10.2. The van der Waals surface area contributed by atoms with Gasteiger partial charge in [0.05, 0.1) is 12.6 Å². The smallest absolute Gasteiger partial charge is 0.165 e. The van der Waals surface area contributed by atoms with E-state index in [1.54, 1.807) is 12.1 Å². The van der Waals surface area contributed by atoms with Gasteiger partial charge in [0.15, 0.2) is 5.82 Å². The molecule has 21 heavy (non-hydrogen) atoms.